The lowest BCUT2D eigenvalue weighted by Gasteiger charge is -2.41. The van der Waals surface area contributed by atoms with Crippen LogP contribution in [0, 0.1) is 0 Å². The molecule has 0 spiro atoms. The van der Waals surface area contributed by atoms with Gasteiger partial charge in [0.1, 0.15) is 0 Å². The molecular weight excluding hydrogens is 246 g/mol. The molecule has 1 saturated heterocycles. The number of rotatable bonds is 4. The van der Waals surface area contributed by atoms with Crippen molar-refractivity contribution in [3.05, 3.63) is 34.9 Å². The van der Waals surface area contributed by atoms with E-state index in [9.17, 15) is 0 Å². The number of ether oxygens (including phenoxy) is 1. The highest BCUT2D eigenvalue weighted by Crippen LogP contribution is 2.36. The Morgan fingerprint density at radius 3 is 2.61 bits per heavy atom. The molecule has 2 unspecified atom stereocenters. The number of benzene rings is 1. The van der Waals surface area contributed by atoms with E-state index in [1.54, 1.807) is 0 Å². The van der Waals surface area contributed by atoms with Crippen LogP contribution in [0.4, 0.5) is 0 Å². The standard InChI is InChI=1S/C15H22ClNO/c1-3-17-14(12-6-8-13(16)9-7-12)15(2)10-4-5-11-18-15/h6-9,14,17H,3-5,10-11H2,1-2H3. The minimum absolute atomic E-state index is 0.109. The second-order valence-electron chi connectivity index (χ2n) is 5.16. The van der Waals surface area contributed by atoms with Crippen LogP contribution in [0.15, 0.2) is 24.3 Å². The van der Waals surface area contributed by atoms with Crippen molar-refractivity contribution >= 4 is 11.6 Å². The maximum Gasteiger partial charge on any atom is 0.0848 e. The molecule has 3 heteroatoms. The molecule has 0 saturated carbocycles. The van der Waals surface area contributed by atoms with Crippen molar-refractivity contribution in [3.63, 3.8) is 0 Å². The first-order valence-corrected chi connectivity index (χ1v) is 7.16. The molecule has 100 valence electrons. The van der Waals surface area contributed by atoms with Gasteiger partial charge in [-0.25, -0.2) is 0 Å². The van der Waals surface area contributed by atoms with Gasteiger partial charge in [0.05, 0.1) is 11.6 Å². The Bertz CT molecular complexity index is 371. The zero-order valence-electron chi connectivity index (χ0n) is 11.2. The lowest BCUT2D eigenvalue weighted by atomic mass is 9.84. The van der Waals surface area contributed by atoms with E-state index in [2.05, 4.69) is 31.3 Å². The molecule has 1 heterocycles. The van der Waals surface area contributed by atoms with Crippen LogP contribution < -0.4 is 5.32 Å². The summed E-state index contributed by atoms with van der Waals surface area (Å²) in [5.74, 6) is 0. The molecule has 0 bridgehead atoms. The molecule has 2 rings (SSSR count). The highest BCUT2D eigenvalue weighted by Gasteiger charge is 2.37. The van der Waals surface area contributed by atoms with E-state index in [1.165, 1.54) is 18.4 Å². The lowest BCUT2D eigenvalue weighted by Crippen LogP contribution is -2.45. The minimum Gasteiger partial charge on any atom is -0.373 e. The molecule has 1 fully saturated rings. The summed E-state index contributed by atoms with van der Waals surface area (Å²) < 4.78 is 6.07. The van der Waals surface area contributed by atoms with Gasteiger partial charge >= 0.3 is 0 Å². The number of likely N-dealkylation sites (N-methyl/N-ethyl adjacent to an activating group) is 1. The number of hydrogen-bond donors (Lipinski definition) is 1. The van der Waals surface area contributed by atoms with Crippen LogP contribution in [0.5, 0.6) is 0 Å². The van der Waals surface area contributed by atoms with Gasteiger partial charge in [-0.2, -0.15) is 0 Å². The molecule has 2 atom stereocenters. The average Bonchev–Trinajstić information content (AvgIpc) is 2.38. The number of halogens is 1. The largest absolute Gasteiger partial charge is 0.373 e. The van der Waals surface area contributed by atoms with Crippen molar-refractivity contribution in [1.29, 1.82) is 0 Å². The zero-order chi connectivity index (χ0) is 13.0. The molecule has 1 aliphatic rings. The number of hydrogen-bond acceptors (Lipinski definition) is 2. The van der Waals surface area contributed by atoms with Crippen molar-refractivity contribution in [3.8, 4) is 0 Å². The molecule has 1 aromatic rings. The quantitative estimate of drug-likeness (QED) is 0.892. The van der Waals surface area contributed by atoms with Crippen LogP contribution >= 0.6 is 11.6 Å². The topological polar surface area (TPSA) is 21.3 Å². The fourth-order valence-electron chi connectivity index (χ4n) is 2.73. The molecule has 1 aromatic carbocycles. The monoisotopic (exact) mass is 267 g/mol. The molecule has 0 aromatic heterocycles. The second-order valence-corrected chi connectivity index (χ2v) is 5.60. The highest BCUT2D eigenvalue weighted by molar-refractivity contribution is 6.30. The van der Waals surface area contributed by atoms with E-state index in [-0.39, 0.29) is 11.6 Å². The maximum atomic E-state index is 6.07. The van der Waals surface area contributed by atoms with Crippen molar-refractivity contribution in [1.82, 2.24) is 5.32 Å². The fourth-order valence-corrected chi connectivity index (χ4v) is 2.85. The Kier molecular flexibility index (Phi) is 4.66. The zero-order valence-corrected chi connectivity index (χ0v) is 12.0. The van der Waals surface area contributed by atoms with Gasteiger partial charge in [-0.3, -0.25) is 0 Å². The molecule has 0 aliphatic carbocycles. The summed E-state index contributed by atoms with van der Waals surface area (Å²) in [6.07, 6.45) is 3.52. The third-order valence-electron chi connectivity index (χ3n) is 3.72. The Hall–Kier alpha value is -0.570. The summed E-state index contributed by atoms with van der Waals surface area (Å²) >= 11 is 5.96. The predicted octanol–water partition coefficient (Wildman–Crippen LogP) is 3.95. The van der Waals surface area contributed by atoms with Gasteiger partial charge < -0.3 is 10.1 Å². The molecular formula is C15H22ClNO. The van der Waals surface area contributed by atoms with E-state index >= 15 is 0 Å². The van der Waals surface area contributed by atoms with Crippen molar-refractivity contribution in [2.24, 2.45) is 0 Å². The van der Waals surface area contributed by atoms with E-state index in [0.29, 0.717) is 0 Å². The molecule has 0 radical (unpaired) electrons. The highest BCUT2D eigenvalue weighted by atomic mass is 35.5. The molecule has 1 N–H and O–H groups in total. The molecule has 1 aliphatic heterocycles. The Morgan fingerprint density at radius 1 is 1.33 bits per heavy atom. The van der Waals surface area contributed by atoms with Gasteiger partial charge in [0.15, 0.2) is 0 Å². The van der Waals surface area contributed by atoms with Crippen LogP contribution in [0.3, 0.4) is 0 Å². The van der Waals surface area contributed by atoms with Gasteiger partial charge in [0.25, 0.3) is 0 Å². The first-order chi connectivity index (χ1) is 8.65. The Balaban J connectivity index is 2.23. The van der Waals surface area contributed by atoms with E-state index < -0.39 is 0 Å². The van der Waals surface area contributed by atoms with Crippen molar-refractivity contribution < 1.29 is 4.74 Å². The summed E-state index contributed by atoms with van der Waals surface area (Å²) in [5.41, 5.74) is 1.15. The minimum atomic E-state index is -0.109. The average molecular weight is 268 g/mol. The fraction of sp³-hybridized carbons (Fsp3) is 0.600. The first kappa shape index (κ1) is 13.9. The first-order valence-electron chi connectivity index (χ1n) is 6.78. The van der Waals surface area contributed by atoms with Crippen LogP contribution in [-0.4, -0.2) is 18.8 Å². The van der Waals surface area contributed by atoms with Crippen LogP contribution in [0.25, 0.3) is 0 Å². The normalized spacial score (nSPS) is 25.9. The van der Waals surface area contributed by atoms with E-state index in [0.717, 1.165) is 24.6 Å². The molecule has 0 amide bonds. The Labute approximate surface area is 115 Å². The van der Waals surface area contributed by atoms with Crippen molar-refractivity contribution in [2.75, 3.05) is 13.2 Å². The lowest BCUT2D eigenvalue weighted by molar-refractivity contribution is -0.0895. The third-order valence-corrected chi connectivity index (χ3v) is 3.97. The van der Waals surface area contributed by atoms with E-state index in [1.807, 2.05) is 12.1 Å². The molecule has 2 nitrogen and oxygen atoms in total. The predicted molar refractivity (Wildman–Crippen MR) is 76.1 cm³/mol. The molecule has 18 heavy (non-hydrogen) atoms. The third kappa shape index (κ3) is 3.05. The van der Waals surface area contributed by atoms with Gasteiger partial charge in [0.2, 0.25) is 0 Å². The van der Waals surface area contributed by atoms with Gasteiger partial charge in [0, 0.05) is 11.6 Å². The van der Waals surface area contributed by atoms with Gasteiger partial charge in [-0.15, -0.1) is 0 Å². The van der Waals surface area contributed by atoms with Crippen LogP contribution in [-0.2, 0) is 4.74 Å². The van der Waals surface area contributed by atoms with Crippen LogP contribution in [0.1, 0.15) is 44.7 Å². The van der Waals surface area contributed by atoms with Crippen molar-refractivity contribution in [2.45, 2.75) is 44.8 Å². The Morgan fingerprint density at radius 2 is 2.06 bits per heavy atom. The van der Waals surface area contributed by atoms with Crippen LogP contribution in [0.2, 0.25) is 5.02 Å². The SMILES string of the molecule is CCNC(c1ccc(Cl)cc1)C1(C)CCCCO1. The summed E-state index contributed by atoms with van der Waals surface area (Å²) in [4.78, 5) is 0. The summed E-state index contributed by atoms with van der Waals surface area (Å²) in [6.45, 7) is 6.15. The summed E-state index contributed by atoms with van der Waals surface area (Å²) in [7, 11) is 0. The van der Waals surface area contributed by atoms with E-state index in [4.69, 9.17) is 16.3 Å². The summed E-state index contributed by atoms with van der Waals surface area (Å²) in [5, 5.41) is 4.34. The van der Waals surface area contributed by atoms with Gasteiger partial charge in [-0.1, -0.05) is 30.7 Å². The van der Waals surface area contributed by atoms with Gasteiger partial charge in [-0.05, 0) is 50.4 Å². The summed E-state index contributed by atoms with van der Waals surface area (Å²) in [6, 6.07) is 8.33. The maximum absolute atomic E-state index is 6.07. The number of nitrogens with one attached hydrogen (secondary N) is 1. The smallest absolute Gasteiger partial charge is 0.0848 e. The second kappa shape index (κ2) is 6.05.